The third-order valence-corrected chi connectivity index (χ3v) is 3.63. The molecule has 1 heterocycles. The Morgan fingerprint density at radius 2 is 2.10 bits per heavy atom. The molecule has 2 rings (SSSR count). The van der Waals surface area contributed by atoms with Crippen LogP contribution in [0.15, 0.2) is 24.3 Å². The van der Waals surface area contributed by atoms with Crippen LogP contribution in [0.5, 0.6) is 0 Å². The average molecular weight is 294 g/mol. The van der Waals surface area contributed by atoms with E-state index < -0.39 is 5.82 Å². The van der Waals surface area contributed by atoms with Crippen LogP contribution in [-0.2, 0) is 4.79 Å². The molecule has 0 saturated heterocycles. The van der Waals surface area contributed by atoms with Crippen molar-refractivity contribution in [1.29, 1.82) is 0 Å². The monoisotopic (exact) mass is 294 g/mol. The van der Waals surface area contributed by atoms with Crippen molar-refractivity contribution >= 4 is 28.1 Å². The van der Waals surface area contributed by atoms with Crippen LogP contribution in [0.3, 0.4) is 0 Å². The van der Waals surface area contributed by atoms with Crippen molar-refractivity contribution in [3.05, 3.63) is 35.1 Å². The van der Waals surface area contributed by atoms with Gasteiger partial charge in [-0.3, -0.25) is 10.1 Å². The number of hydrogen-bond acceptors (Lipinski definition) is 5. The molecule has 0 atom stereocenters. The maximum atomic E-state index is 13.3. The summed E-state index contributed by atoms with van der Waals surface area (Å²) >= 11 is 1.34. The number of carbonyl (C=O) groups excluding carboxylic acids is 1. The highest BCUT2D eigenvalue weighted by molar-refractivity contribution is 7.15. The molecule has 106 valence electrons. The van der Waals surface area contributed by atoms with E-state index in [-0.39, 0.29) is 18.4 Å². The molecule has 0 aliphatic rings. The average Bonchev–Trinajstić information content (AvgIpc) is 2.86. The summed E-state index contributed by atoms with van der Waals surface area (Å²) in [5.41, 5.74) is 0.294. The van der Waals surface area contributed by atoms with Gasteiger partial charge in [0.1, 0.15) is 10.8 Å². The number of para-hydroxylation sites is 1. The Hall–Kier alpha value is -2.02. The molecule has 5 nitrogen and oxygen atoms in total. The lowest BCUT2D eigenvalue weighted by molar-refractivity contribution is -0.114. The van der Waals surface area contributed by atoms with Crippen LogP contribution in [0, 0.1) is 5.82 Å². The fourth-order valence-corrected chi connectivity index (χ4v) is 2.22. The van der Waals surface area contributed by atoms with Crippen LogP contribution in [0.1, 0.15) is 24.8 Å². The van der Waals surface area contributed by atoms with Crippen molar-refractivity contribution < 1.29 is 9.18 Å². The van der Waals surface area contributed by atoms with Gasteiger partial charge in [-0.2, -0.15) is 0 Å². The van der Waals surface area contributed by atoms with Crippen molar-refractivity contribution in [2.45, 2.75) is 19.8 Å². The Balaban J connectivity index is 1.88. The predicted molar refractivity (Wildman–Crippen MR) is 77.5 cm³/mol. The number of aromatic nitrogens is 2. The van der Waals surface area contributed by atoms with Gasteiger partial charge in [-0.15, -0.1) is 10.2 Å². The molecule has 7 heteroatoms. The topological polar surface area (TPSA) is 66.9 Å². The molecule has 1 aromatic carbocycles. The summed E-state index contributed by atoms with van der Waals surface area (Å²) in [6, 6.07) is 6.20. The minimum atomic E-state index is -0.390. The van der Waals surface area contributed by atoms with Crippen LogP contribution < -0.4 is 10.6 Å². The van der Waals surface area contributed by atoms with E-state index in [0.29, 0.717) is 10.8 Å². The first kappa shape index (κ1) is 14.4. The van der Waals surface area contributed by atoms with Gasteiger partial charge in [0, 0.05) is 5.92 Å². The molecule has 1 aromatic heterocycles. The Morgan fingerprint density at radius 1 is 1.35 bits per heavy atom. The summed E-state index contributed by atoms with van der Waals surface area (Å²) in [6.45, 7) is 3.98. The van der Waals surface area contributed by atoms with Crippen molar-refractivity contribution in [3.8, 4) is 0 Å². The van der Waals surface area contributed by atoms with E-state index in [1.807, 2.05) is 13.8 Å². The number of nitrogens with one attached hydrogen (secondary N) is 2. The van der Waals surface area contributed by atoms with Crippen LogP contribution >= 0.6 is 11.3 Å². The lowest BCUT2D eigenvalue weighted by Gasteiger charge is -2.06. The van der Waals surface area contributed by atoms with Gasteiger partial charge in [0.05, 0.1) is 12.2 Å². The molecule has 20 heavy (non-hydrogen) atoms. The van der Waals surface area contributed by atoms with E-state index >= 15 is 0 Å². The number of nitrogens with zero attached hydrogens (tertiary/aromatic N) is 2. The van der Waals surface area contributed by atoms with Gasteiger partial charge < -0.3 is 5.32 Å². The summed E-state index contributed by atoms with van der Waals surface area (Å²) < 4.78 is 13.3. The zero-order chi connectivity index (χ0) is 14.5. The molecule has 1 amide bonds. The predicted octanol–water partition coefficient (Wildman–Crippen LogP) is 2.85. The molecule has 0 fully saturated rings. The molecule has 2 aromatic rings. The number of halogens is 1. The fourth-order valence-electron chi connectivity index (χ4n) is 1.46. The smallest absolute Gasteiger partial charge is 0.245 e. The van der Waals surface area contributed by atoms with Gasteiger partial charge in [0.15, 0.2) is 0 Å². The molecular weight excluding hydrogens is 279 g/mol. The Bertz CT molecular complexity index is 600. The second-order valence-electron chi connectivity index (χ2n) is 4.48. The molecule has 2 N–H and O–H groups in total. The minimum Gasteiger partial charge on any atom is -0.374 e. The highest BCUT2D eigenvalue weighted by Crippen LogP contribution is 2.22. The largest absolute Gasteiger partial charge is 0.374 e. The van der Waals surface area contributed by atoms with Crippen LogP contribution in [0.4, 0.5) is 15.2 Å². The van der Waals surface area contributed by atoms with E-state index in [4.69, 9.17) is 0 Å². The van der Waals surface area contributed by atoms with E-state index in [9.17, 15) is 9.18 Å². The maximum Gasteiger partial charge on any atom is 0.245 e. The molecule has 0 aliphatic heterocycles. The molecule has 0 spiro atoms. The number of benzene rings is 1. The standard InChI is InChI=1S/C13H15FN4OS/c1-8(2)12-17-18-13(20-12)16-11(19)7-15-10-6-4-3-5-9(10)14/h3-6,8,15H,7H2,1-2H3,(H,16,18,19). The Labute approximate surface area is 120 Å². The zero-order valence-electron chi connectivity index (χ0n) is 11.2. The van der Waals surface area contributed by atoms with E-state index in [2.05, 4.69) is 20.8 Å². The van der Waals surface area contributed by atoms with Crippen molar-refractivity contribution in [1.82, 2.24) is 10.2 Å². The minimum absolute atomic E-state index is 0.0302. The van der Waals surface area contributed by atoms with E-state index in [1.165, 1.54) is 17.4 Å². The number of amides is 1. The maximum absolute atomic E-state index is 13.3. The molecule has 0 bridgehead atoms. The summed E-state index contributed by atoms with van der Waals surface area (Å²) in [6.07, 6.45) is 0. The van der Waals surface area contributed by atoms with E-state index in [0.717, 1.165) is 5.01 Å². The number of carbonyl (C=O) groups is 1. The SMILES string of the molecule is CC(C)c1nnc(NC(=O)CNc2ccccc2F)s1. The lowest BCUT2D eigenvalue weighted by atomic mass is 10.2. The summed E-state index contributed by atoms with van der Waals surface area (Å²) in [4.78, 5) is 11.7. The normalized spacial score (nSPS) is 10.6. The van der Waals surface area contributed by atoms with Gasteiger partial charge >= 0.3 is 0 Å². The van der Waals surface area contributed by atoms with Gasteiger partial charge in [0.25, 0.3) is 0 Å². The van der Waals surface area contributed by atoms with Gasteiger partial charge in [-0.05, 0) is 12.1 Å². The molecule has 0 aliphatic carbocycles. The van der Waals surface area contributed by atoms with Gasteiger partial charge in [-0.1, -0.05) is 37.3 Å². The number of hydrogen-bond donors (Lipinski definition) is 2. The third-order valence-electron chi connectivity index (χ3n) is 2.49. The lowest BCUT2D eigenvalue weighted by Crippen LogP contribution is -2.22. The highest BCUT2D eigenvalue weighted by atomic mass is 32.1. The summed E-state index contributed by atoms with van der Waals surface area (Å²) in [7, 11) is 0. The molecule has 0 unspecified atom stereocenters. The van der Waals surface area contributed by atoms with Crippen LogP contribution in [-0.4, -0.2) is 22.6 Å². The summed E-state index contributed by atoms with van der Waals surface area (Å²) in [5.74, 6) is -0.410. The quantitative estimate of drug-likeness (QED) is 0.890. The van der Waals surface area contributed by atoms with Crippen molar-refractivity contribution in [2.75, 3.05) is 17.2 Å². The second-order valence-corrected chi connectivity index (χ2v) is 5.49. The molecule has 0 radical (unpaired) electrons. The summed E-state index contributed by atoms with van der Waals surface area (Å²) in [5, 5.41) is 14.5. The van der Waals surface area contributed by atoms with Crippen molar-refractivity contribution in [3.63, 3.8) is 0 Å². The third kappa shape index (κ3) is 3.74. The zero-order valence-corrected chi connectivity index (χ0v) is 12.0. The second kappa shape index (κ2) is 6.42. The first-order valence-electron chi connectivity index (χ1n) is 6.18. The highest BCUT2D eigenvalue weighted by Gasteiger charge is 2.10. The van der Waals surface area contributed by atoms with Crippen LogP contribution in [0.2, 0.25) is 0 Å². The molecule has 0 saturated carbocycles. The number of rotatable bonds is 5. The fraction of sp³-hybridized carbons (Fsp3) is 0.308. The van der Waals surface area contributed by atoms with E-state index in [1.54, 1.807) is 18.2 Å². The Morgan fingerprint density at radius 3 is 2.75 bits per heavy atom. The first-order chi connectivity index (χ1) is 9.56. The van der Waals surface area contributed by atoms with Crippen molar-refractivity contribution in [2.24, 2.45) is 0 Å². The molecular formula is C13H15FN4OS. The van der Waals surface area contributed by atoms with Gasteiger partial charge in [0.2, 0.25) is 11.0 Å². The Kier molecular flexibility index (Phi) is 4.62. The first-order valence-corrected chi connectivity index (χ1v) is 6.99. The van der Waals surface area contributed by atoms with Crippen LogP contribution in [0.25, 0.3) is 0 Å². The van der Waals surface area contributed by atoms with Gasteiger partial charge in [-0.25, -0.2) is 4.39 Å². The number of anilines is 2.